The van der Waals surface area contributed by atoms with Crippen molar-refractivity contribution in [2.45, 2.75) is 104 Å². The SMILES string of the molecule is C=CC1CCC(CC2CCC(Cc3cc(C)c(CC)c(CCC)c3)CC2)CC1. The second-order valence-electron chi connectivity index (χ2n) is 10.00. The smallest absolute Gasteiger partial charge is 0.0236 e. The summed E-state index contributed by atoms with van der Waals surface area (Å²) >= 11 is 0. The molecule has 2 aliphatic rings. The minimum absolute atomic E-state index is 0.812. The van der Waals surface area contributed by atoms with E-state index in [-0.39, 0.29) is 0 Å². The van der Waals surface area contributed by atoms with Gasteiger partial charge in [-0.3, -0.25) is 0 Å². The lowest BCUT2D eigenvalue weighted by Crippen LogP contribution is -2.21. The number of allylic oxidation sites excluding steroid dienone is 1. The van der Waals surface area contributed by atoms with E-state index >= 15 is 0 Å². The molecule has 2 saturated carbocycles. The molecule has 2 fully saturated rings. The van der Waals surface area contributed by atoms with Crippen LogP contribution in [-0.2, 0) is 19.3 Å². The van der Waals surface area contributed by atoms with Gasteiger partial charge in [-0.05, 0) is 117 Å². The molecule has 0 bridgehead atoms. The Morgan fingerprint density at radius 2 is 1.50 bits per heavy atom. The molecule has 0 radical (unpaired) electrons. The maximum absolute atomic E-state index is 4.00. The average molecular weight is 381 g/mol. The van der Waals surface area contributed by atoms with E-state index in [4.69, 9.17) is 0 Å². The molecule has 0 unspecified atom stereocenters. The van der Waals surface area contributed by atoms with Crippen LogP contribution in [-0.4, -0.2) is 0 Å². The van der Waals surface area contributed by atoms with E-state index in [2.05, 4.69) is 45.6 Å². The minimum Gasteiger partial charge on any atom is -0.103 e. The van der Waals surface area contributed by atoms with Crippen LogP contribution in [0.15, 0.2) is 24.8 Å². The minimum atomic E-state index is 0.812. The van der Waals surface area contributed by atoms with Crippen molar-refractivity contribution in [3.63, 3.8) is 0 Å². The average Bonchev–Trinajstić information content (AvgIpc) is 2.70. The Morgan fingerprint density at radius 3 is 2.07 bits per heavy atom. The van der Waals surface area contributed by atoms with Gasteiger partial charge in [-0.15, -0.1) is 6.58 Å². The Balaban J connectivity index is 1.48. The van der Waals surface area contributed by atoms with Crippen LogP contribution in [0.1, 0.15) is 100 Å². The van der Waals surface area contributed by atoms with Gasteiger partial charge in [0.25, 0.3) is 0 Å². The molecule has 156 valence electrons. The molecule has 0 heteroatoms. The third-order valence-electron chi connectivity index (χ3n) is 7.88. The van der Waals surface area contributed by atoms with Crippen molar-refractivity contribution in [1.82, 2.24) is 0 Å². The highest BCUT2D eigenvalue weighted by atomic mass is 14.3. The zero-order valence-electron chi connectivity index (χ0n) is 18.9. The monoisotopic (exact) mass is 380 g/mol. The zero-order valence-corrected chi connectivity index (χ0v) is 18.9. The molecular formula is C28H44. The molecule has 1 aromatic rings. The highest BCUT2D eigenvalue weighted by Gasteiger charge is 2.26. The van der Waals surface area contributed by atoms with Gasteiger partial charge < -0.3 is 0 Å². The Morgan fingerprint density at radius 1 is 0.893 bits per heavy atom. The van der Waals surface area contributed by atoms with Gasteiger partial charge >= 0.3 is 0 Å². The highest BCUT2D eigenvalue weighted by Crippen LogP contribution is 2.39. The molecular weight excluding hydrogens is 336 g/mol. The first kappa shape index (κ1) is 21.7. The normalized spacial score (nSPS) is 28.2. The quantitative estimate of drug-likeness (QED) is 0.398. The molecule has 2 aliphatic carbocycles. The lowest BCUT2D eigenvalue weighted by Gasteiger charge is -2.33. The maximum atomic E-state index is 4.00. The van der Waals surface area contributed by atoms with Gasteiger partial charge in [0.2, 0.25) is 0 Å². The van der Waals surface area contributed by atoms with E-state index in [1.165, 1.54) is 89.0 Å². The predicted octanol–water partition coefficient (Wildman–Crippen LogP) is 8.24. The lowest BCUT2D eigenvalue weighted by atomic mass is 9.72. The fourth-order valence-electron chi connectivity index (χ4n) is 6.22. The molecule has 0 amide bonds. The van der Waals surface area contributed by atoms with Crippen LogP contribution in [0.25, 0.3) is 0 Å². The summed E-state index contributed by atoms with van der Waals surface area (Å²) in [5.41, 5.74) is 6.39. The van der Waals surface area contributed by atoms with Crippen molar-refractivity contribution >= 4 is 0 Å². The molecule has 0 aromatic heterocycles. The molecule has 0 saturated heterocycles. The summed E-state index contributed by atoms with van der Waals surface area (Å²) in [7, 11) is 0. The highest BCUT2D eigenvalue weighted by molar-refractivity contribution is 5.39. The van der Waals surface area contributed by atoms with Gasteiger partial charge in [0.1, 0.15) is 0 Å². The number of hydrogen-bond donors (Lipinski definition) is 0. The number of hydrogen-bond acceptors (Lipinski definition) is 0. The van der Waals surface area contributed by atoms with Gasteiger partial charge in [0.15, 0.2) is 0 Å². The summed E-state index contributed by atoms with van der Waals surface area (Å²) in [5.74, 6) is 3.77. The summed E-state index contributed by atoms with van der Waals surface area (Å²) < 4.78 is 0. The fraction of sp³-hybridized carbons (Fsp3) is 0.714. The number of rotatable bonds is 8. The molecule has 0 atom stereocenters. The maximum Gasteiger partial charge on any atom is -0.0236 e. The summed E-state index contributed by atoms with van der Waals surface area (Å²) in [6.45, 7) is 11.0. The van der Waals surface area contributed by atoms with E-state index in [1.807, 2.05) is 0 Å². The molecule has 0 nitrogen and oxygen atoms in total. The van der Waals surface area contributed by atoms with E-state index < -0.39 is 0 Å². The van der Waals surface area contributed by atoms with Gasteiger partial charge in [0, 0.05) is 0 Å². The summed E-state index contributed by atoms with van der Waals surface area (Å²) in [4.78, 5) is 0. The van der Waals surface area contributed by atoms with Gasteiger partial charge in [-0.1, -0.05) is 51.3 Å². The van der Waals surface area contributed by atoms with Gasteiger partial charge in [0.05, 0.1) is 0 Å². The number of aryl methyl sites for hydroxylation is 2. The third-order valence-corrected chi connectivity index (χ3v) is 7.88. The topological polar surface area (TPSA) is 0 Å². The zero-order chi connectivity index (χ0) is 19.9. The fourth-order valence-corrected chi connectivity index (χ4v) is 6.22. The molecule has 1 aromatic carbocycles. The van der Waals surface area contributed by atoms with Gasteiger partial charge in [-0.2, -0.15) is 0 Å². The first-order valence-corrected chi connectivity index (χ1v) is 12.4. The molecule has 28 heavy (non-hydrogen) atoms. The predicted molar refractivity (Wildman–Crippen MR) is 124 cm³/mol. The lowest BCUT2D eigenvalue weighted by molar-refractivity contribution is 0.201. The standard InChI is InChI=1S/C28H44/c1-5-8-27-20-26(17-21(4)28(27)7-3)19-25-15-13-24(14-16-25)18-23-11-9-22(6-2)10-12-23/h6,17,20,22-25H,2,5,7-16,18-19H2,1,3-4H3. The van der Waals surface area contributed by atoms with Crippen molar-refractivity contribution in [3.05, 3.63) is 47.0 Å². The third kappa shape index (κ3) is 5.74. The van der Waals surface area contributed by atoms with Crippen LogP contribution in [0.3, 0.4) is 0 Å². The Bertz CT molecular complexity index is 609. The van der Waals surface area contributed by atoms with Gasteiger partial charge in [-0.25, -0.2) is 0 Å². The summed E-state index contributed by atoms with van der Waals surface area (Å²) in [5, 5.41) is 0. The second kappa shape index (κ2) is 10.7. The van der Waals surface area contributed by atoms with Crippen LogP contribution in [0.5, 0.6) is 0 Å². The Kier molecular flexibility index (Phi) is 8.24. The van der Waals surface area contributed by atoms with Crippen LogP contribution in [0.4, 0.5) is 0 Å². The molecule has 0 spiro atoms. The Labute approximate surface area is 175 Å². The Hall–Kier alpha value is -1.04. The summed E-state index contributed by atoms with van der Waals surface area (Å²) in [6.07, 6.45) is 20.3. The van der Waals surface area contributed by atoms with Crippen molar-refractivity contribution in [2.24, 2.45) is 23.7 Å². The van der Waals surface area contributed by atoms with E-state index in [1.54, 1.807) is 16.7 Å². The molecule has 0 heterocycles. The summed E-state index contributed by atoms with van der Waals surface area (Å²) in [6, 6.07) is 5.06. The van der Waals surface area contributed by atoms with E-state index in [0.29, 0.717) is 0 Å². The van der Waals surface area contributed by atoms with Crippen molar-refractivity contribution in [1.29, 1.82) is 0 Å². The molecule has 0 N–H and O–H groups in total. The van der Waals surface area contributed by atoms with E-state index in [0.717, 1.165) is 23.7 Å². The van der Waals surface area contributed by atoms with Crippen LogP contribution < -0.4 is 0 Å². The molecule has 0 aliphatic heterocycles. The first-order chi connectivity index (χ1) is 13.6. The van der Waals surface area contributed by atoms with Crippen LogP contribution >= 0.6 is 0 Å². The van der Waals surface area contributed by atoms with E-state index in [9.17, 15) is 0 Å². The first-order valence-electron chi connectivity index (χ1n) is 12.4. The van der Waals surface area contributed by atoms with Crippen LogP contribution in [0, 0.1) is 30.6 Å². The van der Waals surface area contributed by atoms with Crippen molar-refractivity contribution in [3.8, 4) is 0 Å². The van der Waals surface area contributed by atoms with Crippen LogP contribution in [0.2, 0.25) is 0 Å². The van der Waals surface area contributed by atoms with Crippen molar-refractivity contribution in [2.75, 3.05) is 0 Å². The van der Waals surface area contributed by atoms with Crippen molar-refractivity contribution < 1.29 is 0 Å². The second-order valence-corrected chi connectivity index (χ2v) is 10.00. The molecule has 3 rings (SSSR count). The largest absolute Gasteiger partial charge is 0.103 e. The number of benzene rings is 1.